The largest absolute Gasteiger partial charge is 0.381 e. The minimum Gasteiger partial charge on any atom is -0.381 e. The molecule has 2 heteroatoms. The van der Waals surface area contributed by atoms with Crippen LogP contribution in [0.25, 0.3) is 0 Å². The lowest BCUT2D eigenvalue weighted by molar-refractivity contribution is -0.133. The highest BCUT2D eigenvalue weighted by atomic mass is 16.5. The van der Waals surface area contributed by atoms with Crippen molar-refractivity contribution >= 4 is 0 Å². The number of rotatable bonds is 0. The van der Waals surface area contributed by atoms with E-state index in [9.17, 15) is 0 Å². The molecule has 0 radical (unpaired) electrons. The van der Waals surface area contributed by atoms with E-state index in [0.717, 1.165) is 32.7 Å². The Hall–Kier alpha value is -0.0800. The molecular formula is C9H16O2. The second kappa shape index (κ2) is 3.11. The molecule has 2 saturated heterocycles. The minimum atomic E-state index is 0.233. The lowest BCUT2D eigenvalue weighted by atomic mass is 9.87. The zero-order chi connectivity index (χ0) is 7.57. The Kier molecular flexibility index (Phi) is 2.14. The summed E-state index contributed by atoms with van der Waals surface area (Å²) in [5.74, 6) is 0. The highest BCUT2D eigenvalue weighted by Crippen LogP contribution is 2.33. The van der Waals surface area contributed by atoms with E-state index < -0.39 is 0 Å². The Morgan fingerprint density at radius 2 is 1.64 bits per heavy atom. The quantitative estimate of drug-likeness (QED) is 0.532. The molecular weight excluding hydrogens is 140 g/mol. The fraction of sp³-hybridized carbons (Fsp3) is 1.00. The van der Waals surface area contributed by atoms with Gasteiger partial charge in [0.05, 0.1) is 5.60 Å². The first kappa shape index (κ1) is 7.56. The van der Waals surface area contributed by atoms with Gasteiger partial charge in [-0.2, -0.15) is 0 Å². The smallest absolute Gasteiger partial charge is 0.0726 e. The molecule has 2 heterocycles. The van der Waals surface area contributed by atoms with Crippen LogP contribution in [0.1, 0.15) is 32.1 Å². The maximum absolute atomic E-state index is 5.83. The minimum absolute atomic E-state index is 0.233. The van der Waals surface area contributed by atoms with Crippen LogP contribution in [0.5, 0.6) is 0 Å². The molecule has 2 rings (SSSR count). The second-order valence-corrected chi connectivity index (χ2v) is 3.60. The molecule has 0 atom stereocenters. The van der Waals surface area contributed by atoms with Gasteiger partial charge in [0, 0.05) is 19.8 Å². The van der Waals surface area contributed by atoms with Gasteiger partial charge in [0.2, 0.25) is 0 Å². The van der Waals surface area contributed by atoms with E-state index in [4.69, 9.17) is 9.47 Å². The van der Waals surface area contributed by atoms with E-state index in [1.54, 1.807) is 0 Å². The van der Waals surface area contributed by atoms with Crippen LogP contribution in [0.15, 0.2) is 0 Å². The first-order valence-electron chi connectivity index (χ1n) is 4.63. The van der Waals surface area contributed by atoms with Crippen LogP contribution in [0.2, 0.25) is 0 Å². The summed E-state index contributed by atoms with van der Waals surface area (Å²) in [6, 6.07) is 0. The second-order valence-electron chi connectivity index (χ2n) is 3.60. The van der Waals surface area contributed by atoms with Gasteiger partial charge in [0.25, 0.3) is 0 Å². The van der Waals surface area contributed by atoms with Gasteiger partial charge in [-0.3, -0.25) is 0 Å². The van der Waals surface area contributed by atoms with Gasteiger partial charge in [-0.1, -0.05) is 0 Å². The summed E-state index contributed by atoms with van der Waals surface area (Å²) in [7, 11) is 0. The summed E-state index contributed by atoms with van der Waals surface area (Å²) in [6.07, 6.45) is 6.10. The number of hydrogen-bond donors (Lipinski definition) is 0. The van der Waals surface area contributed by atoms with E-state index in [1.807, 2.05) is 0 Å². The molecule has 0 aliphatic carbocycles. The van der Waals surface area contributed by atoms with Crippen molar-refractivity contribution in [3.63, 3.8) is 0 Å². The van der Waals surface area contributed by atoms with Crippen LogP contribution in [0.4, 0.5) is 0 Å². The zero-order valence-electron chi connectivity index (χ0n) is 6.97. The average molecular weight is 156 g/mol. The van der Waals surface area contributed by atoms with Crippen LogP contribution < -0.4 is 0 Å². The molecule has 2 fully saturated rings. The van der Waals surface area contributed by atoms with Crippen LogP contribution in [0.3, 0.4) is 0 Å². The standard InChI is InChI=1S/C9H16O2/c1-2-6-11-9(3-1)4-7-10-8-5-9/h1-8H2. The van der Waals surface area contributed by atoms with Gasteiger partial charge in [-0.05, 0) is 32.1 Å². The van der Waals surface area contributed by atoms with Gasteiger partial charge in [-0.15, -0.1) is 0 Å². The molecule has 0 N–H and O–H groups in total. The normalized spacial score (nSPS) is 30.5. The maximum atomic E-state index is 5.83. The molecule has 0 unspecified atom stereocenters. The third-order valence-electron chi connectivity index (χ3n) is 2.84. The molecule has 0 saturated carbocycles. The van der Waals surface area contributed by atoms with Crippen LogP contribution >= 0.6 is 0 Å². The fourth-order valence-corrected chi connectivity index (χ4v) is 2.05. The van der Waals surface area contributed by atoms with Crippen molar-refractivity contribution in [2.75, 3.05) is 19.8 Å². The summed E-state index contributed by atoms with van der Waals surface area (Å²) in [4.78, 5) is 0. The van der Waals surface area contributed by atoms with Gasteiger partial charge < -0.3 is 9.47 Å². The first-order chi connectivity index (χ1) is 5.41. The van der Waals surface area contributed by atoms with Crippen molar-refractivity contribution in [1.29, 1.82) is 0 Å². The Labute approximate surface area is 67.9 Å². The van der Waals surface area contributed by atoms with Gasteiger partial charge >= 0.3 is 0 Å². The average Bonchev–Trinajstić information content (AvgIpc) is 2.07. The topological polar surface area (TPSA) is 18.5 Å². The zero-order valence-corrected chi connectivity index (χ0v) is 6.97. The molecule has 0 amide bonds. The molecule has 0 aromatic heterocycles. The summed E-state index contributed by atoms with van der Waals surface area (Å²) in [5, 5.41) is 0. The third-order valence-corrected chi connectivity index (χ3v) is 2.84. The van der Waals surface area contributed by atoms with Gasteiger partial charge in [0.15, 0.2) is 0 Å². The Morgan fingerprint density at radius 3 is 2.27 bits per heavy atom. The van der Waals surface area contributed by atoms with Crippen molar-refractivity contribution in [1.82, 2.24) is 0 Å². The first-order valence-corrected chi connectivity index (χ1v) is 4.63. The predicted octanol–water partition coefficient (Wildman–Crippen LogP) is 1.74. The molecule has 0 bridgehead atoms. The molecule has 11 heavy (non-hydrogen) atoms. The summed E-state index contributed by atoms with van der Waals surface area (Å²) < 4.78 is 11.1. The van der Waals surface area contributed by atoms with E-state index in [2.05, 4.69) is 0 Å². The Bertz CT molecular complexity index is 102. The predicted molar refractivity (Wildman–Crippen MR) is 42.6 cm³/mol. The monoisotopic (exact) mass is 156 g/mol. The third kappa shape index (κ3) is 1.57. The van der Waals surface area contributed by atoms with Crippen molar-refractivity contribution in [2.24, 2.45) is 0 Å². The summed E-state index contributed by atoms with van der Waals surface area (Å²) in [5.41, 5.74) is 0.233. The van der Waals surface area contributed by atoms with Crippen molar-refractivity contribution in [3.8, 4) is 0 Å². The molecule has 0 aromatic carbocycles. The molecule has 0 aromatic rings. The van der Waals surface area contributed by atoms with Gasteiger partial charge in [-0.25, -0.2) is 0 Å². The van der Waals surface area contributed by atoms with E-state index in [1.165, 1.54) is 19.3 Å². The highest BCUT2D eigenvalue weighted by Gasteiger charge is 2.34. The number of ether oxygens (including phenoxy) is 2. The molecule has 2 aliphatic rings. The van der Waals surface area contributed by atoms with Crippen LogP contribution in [0, 0.1) is 0 Å². The van der Waals surface area contributed by atoms with E-state index in [-0.39, 0.29) is 5.60 Å². The van der Waals surface area contributed by atoms with Crippen molar-refractivity contribution in [3.05, 3.63) is 0 Å². The molecule has 2 nitrogen and oxygen atoms in total. The highest BCUT2D eigenvalue weighted by molar-refractivity contribution is 4.85. The summed E-state index contributed by atoms with van der Waals surface area (Å²) >= 11 is 0. The van der Waals surface area contributed by atoms with Crippen LogP contribution in [-0.4, -0.2) is 25.4 Å². The maximum Gasteiger partial charge on any atom is 0.0726 e. The molecule has 1 spiro atoms. The molecule has 2 aliphatic heterocycles. The van der Waals surface area contributed by atoms with Crippen LogP contribution in [-0.2, 0) is 9.47 Å². The molecule has 64 valence electrons. The van der Waals surface area contributed by atoms with Crippen molar-refractivity contribution in [2.45, 2.75) is 37.7 Å². The van der Waals surface area contributed by atoms with E-state index in [0.29, 0.717) is 0 Å². The summed E-state index contributed by atoms with van der Waals surface area (Å²) in [6.45, 7) is 2.78. The van der Waals surface area contributed by atoms with E-state index >= 15 is 0 Å². The Morgan fingerprint density at radius 1 is 0.818 bits per heavy atom. The van der Waals surface area contributed by atoms with Gasteiger partial charge in [0.1, 0.15) is 0 Å². The number of hydrogen-bond acceptors (Lipinski definition) is 2. The van der Waals surface area contributed by atoms with Crippen molar-refractivity contribution < 1.29 is 9.47 Å². The fourth-order valence-electron chi connectivity index (χ4n) is 2.05. The lowest BCUT2D eigenvalue weighted by Crippen LogP contribution is -2.41. The SMILES string of the molecule is C1CCC2(CCOCC2)OC1. The Balaban J connectivity index is 1.94. The lowest BCUT2D eigenvalue weighted by Gasteiger charge is -2.40.